The van der Waals surface area contributed by atoms with E-state index < -0.39 is 11.8 Å². The minimum atomic E-state index is -1.05. The first-order chi connectivity index (χ1) is 7.00. The van der Waals surface area contributed by atoms with Gasteiger partial charge in [-0.3, -0.25) is 4.79 Å². The molecule has 0 aromatic heterocycles. The van der Waals surface area contributed by atoms with Gasteiger partial charge in [0, 0.05) is 9.50 Å². The number of carbonyl (C=O) groups is 1. The van der Waals surface area contributed by atoms with E-state index in [9.17, 15) is 9.18 Å². The van der Waals surface area contributed by atoms with Gasteiger partial charge < -0.3 is 5.11 Å². The van der Waals surface area contributed by atoms with Crippen LogP contribution in [0.25, 0.3) is 0 Å². The zero-order chi connectivity index (χ0) is 11.4. The number of benzene rings is 1. The largest absolute Gasteiger partial charge is 0.481 e. The van der Waals surface area contributed by atoms with E-state index in [0.29, 0.717) is 4.47 Å². The van der Waals surface area contributed by atoms with E-state index in [1.165, 1.54) is 6.07 Å². The highest BCUT2D eigenvalue weighted by atomic mass is 79.9. The van der Waals surface area contributed by atoms with Crippen molar-refractivity contribution in [2.45, 2.75) is 6.42 Å². The first-order valence-corrected chi connectivity index (χ1v) is 5.03. The molecule has 0 amide bonds. The first kappa shape index (κ1) is 12.0. The predicted molar refractivity (Wildman–Crippen MR) is 58.2 cm³/mol. The Kier molecular flexibility index (Phi) is 4.13. The molecule has 0 aliphatic heterocycles. The number of rotatable bonds is 1. The van der Waals surface area contributed by atoms with Crippen molar-refractivity contribution < 1.29 is 14.3 Å². The Balaban J connectivity index is 3.03. The number of hydrogen-bond donors (Lipinski definition) is 1. The molecule has 0 saturated heterocycles. The van der Waals surface area contributed by atoms with Gasteiger partial charge in [-0.1, -0.05) is 23.4 Å². The van der Waals surface area contributed by atoms with Crippen molar-refractivity contribution in [1.82, 2.24) is 0 Å². The van der Waals surface area contributed by atoms with E-state index >= 15 is 0 Å². The Morgan fingerprint density at radius 3 is 2.80 bits per heavy atom. The SMILES string of the molecule is O=C(O)CC#Cc1c(F)cc(Cl)cc1Br. The highest BCUT2D eigenvalue weighted by Gasteiger charge is 2.05. The van der Waals surface area contributed by atoms with Gasteiger partial charge in [-0.15, -0.1) is 0 Å². The summed E-state index contributed by atoms with van der Waals surface area (Å²) in [5.74, 6) is 3.14. The van der Waals surface area contributed by atoms with E-state index in [4.69, 9.17) is 16.7 Å². The molecule has 15 heavy (non-hydrogen) atoms. The van der Waals surface area contributed by atoms with E-state index in [0.717, 1.165) is 6.07 Å². The lowest BCUT2D eigenvalue weighted by Crippen LogP contribution is -1.91. The van der Waals surface area contributed by atoms with Crippen molar-refractivity contribution >= 4 is 33.5 Å². The molecule has 0 saturated carbocycles. The molecule has 1 N–H and O–H groups in total. The zero-order valence-corrected chi connectivity index (χ0v) is 9.69. The summed E-state index contributed by atoms with van der Waals surface area (Å²) in [7, 11) is 0. The molecular formula is C10H5BrClFO2. The van der Waals surface area contributed by atoms with Crippen molar-refractivity contribution in [2.75, 3.05) is 0 Å². The average Bonchev–Trinajstić information content (AvgIpc) is 2.08. The normalized spacial score (nSPS) is 9.27. The fraction of sp³-hybridized carbons (Fsp3) is 0.100. The number of carboxylic acids is 1. The lowest BCUT2D eigenvalue weighted by molar-refractivity contribution is -0.135. The monoisotopic (exact) mass is 290 g/mol. The molecule has 5 heteroatoms. The second kappa shape index (κ2) is 5.15. The fourth-order valence-corrected chi connectivity index (χ4v) is 1.74. The summed E-state index contributed by atoms with van der Waals surface area (Å²) >= 11 is 8.69. The van der Waals surface area contributed by atoms with Crippen LogP contribution in [0.2, 0.25) is 5.02 Å². The summed E-state index contributed by atoms with van der Waals surface area (Å²) in [6.45, 7) is 0. The highest BCUT2D eigenvalue weighted by Crippen LogP contribution is 2.23. The quantitative estimate of drug-likeness (QED) is 0.807. The Bertz CT molecular complexity index is 439. The Morgan fingerprint density at radius 2 is 2.27 bits per heavy atom. The molecule has 2 nitrogen and oxygen atoms in total. The summed E-state index contributed by atoms with van der Waals surface area (Å²) in [4.78, 5) is 10.2. The third-order valence-electron chi connectivity index (χ3n) is 1.46. The lowest BCUT2D eigenvalue weighted by atomic mass is 10.2. The summed E-state index contributed by atoms with van der Waals surface area (Å²) in [6, 6.07) is 2.62. The van der Waals surface area contributed by atoms with Gasteiger partial charge in [0.05, 0.1) is 5.56 Å². The second-order valence-corrected chi connectivity index (χ2v) is 3.91. The van der Waals surface area contributed by atoms with Crippen LogP contribution in [0.3, 0.4) is 0 Å². The third kappa shape index (κ3) is 3.54. The summed E-state index contributed by atoms with van der Waals surface area (Å²) in [5.41, 5.74) is 0.112. The molecule has 0 bridgehead atoms. The van der Waals surface area contributed by atoms with E-state index in [1.807, 2.05) is 0 Å². The fourth-order valence-electron chi connectivity index (χ4n) is 0.870. The zero-order valence-electron chi connectivity index (χ0n) is 7.35. The van der Waals surface area contributed by atoms with E-state index in [1.54, 1.807) is 0 Å². The average molecular weight is 292 g/mol. The Morgan fingerprint density at radius 1 is 1.60 bits per heavy atom. The second-order valence-electron chi connectivity index (χ2n) is 2.62. The standard InChI is InChI=1S/C10H5BrClFO2/c11-8-4-6(12)5-9(13)7(8)2-1-3-10(14)15/h4-5H,3H2,(H,14,15). The first-order valence-electron chi connectivity index (χ1n) is 3.86. The maximum absolute atomic E-state index is 13.3. The molecular weight excluding hydrogens is 286 g/mol. The van der Waals surface area contributed by atoms with Crippen LogP contribution in [0.4, 0.5) is 4.39 Å². The molecule has 1 rings (SSSR count). The summed E-state index contributed by atoms with van der Waals surface area (Å²) in [5, 5.41) is 8.60. The van der Waals surface area contributed by atoms with Crippen LogP contribution >= 0.6 is 27.5 Å². The molecule has 0 heterocycles. The van der Waals surface area contributed by atoms with E-state index in [-0.39, 0.29) is 17.0 Å². The van der Waals surface area contributed by atoms with E-state index in [2.05, 4.69) is 27.8 Å². The molecule has 1 aromatic rings. The van der Waals surface area contributed by atoms with Gasteiger partial charge in [0.2, 0.25) is 0 Å². The minimum absolute atomic E-state index is 0.112. The maximum Gasteiger partial charge on any atom is 0.315 e. The van der Waals surface area contributed by atoms with Crippen molar-refractivity contribution in [2.24, 2.45) is 0 Å². The van der Waals surface area contributed by atoms with Crippen LogP contribution in [-0.2, 0) is 4.79 Å². The maximum atomic E-state index is 13.3. The van der Waals surface area contributed by atoms with Gasteiger partial charge in [0.15, 0.2) is 0 Å². The van der Waals surface area contributed by atoms with Gasteiger partial charge in [-0.05, 0) is 28.1 Å². The Hall–Kier alpha value is -1.05. The number of halogens is 3. The van der Waals surface area contributed by atoms with Gasteiger partial charge in [0.25, 0.3) is 0 Å². The molecule has 0 atom stereocenters. The van der Waals surface area contributed by atoms with Crippen molar-refractivity contribution in [3.63, 3.8) is 0 Å². The van der Waals surface area contributed by atoms with Crippen LogP contribution in [-0.4, -0.2) is 11.1 Å². The lowest BCUT2D eigenvalue weighted by Gasteiger charge is -1.98. The van der Waals surface area contributed by atoms with Crippen molar-refractivity contribution in [1.29, 1.82) is 0 Å². The van der Waals surface area contributed by atoms with Crippen molar-refractivity contribution in [3.8, 4) is 11.8 Å². The van der Waals surface area contributed by atoms with Crippen LogP contribution in [0, 0.1) is 17.7 Å². The van der Waals surface area contributed by atoms with Crippen LogP contribution in [0.5, 0.6) is 0 Å². The van der Waals surface area contributed by atoms with Gasteiger partial charge in [-0.2, -0.15) is 0 Å². The topological polar surface area (TPSA) is 37.3 Å². The molecule has 0 radical (unpaired) electrons. The molecule has 0 aliphatic rings. The molecule has 1 aromatic carbocycles. The van der Waals surface area contributed by atoms with Gasteiger partial charge in [0.1, 0.15) is 12.2 Å². The third-order valence-corrected chi connectivity index (χ3v) is 2.30. The van der Waals surface area contributed by atoms with Gasteiger partial charge >= 0.3 is 5.97 Å². The van der Waals surface area contributed by atoms with Crippen LogP contribution in [0.1, 0.15) is 12.0 Å². The molecule has 0 fully saturated rings. The van der Waals surface area contributed by atoms with Crippen molar-refractivity contribution in [3.05, 3.63) is 33.0 Å². The van der Waals surface area contributed by atoms with Crippen LogP contribution in [0.15, 0.2) is 16.6 Å². The summed E-state index contributed by atoms with van der Waals surface area (Å²) < 4.78 is 13.7. The number of carboxylic acid groups (broad SMARTS) is 1. The molecule has 0 aliphatic carbocycles. The molecule has 0 spiro atoms. The molecule has 78 valence electrons. The summed E-state index contributed by atoms with van der Waals surface area (Å²) in [6.07, 6.45) is -0.325. The number of hydrogen-bond acceptors (Lipinski definition) is 1. The predicted octanol–water partition coefficient (Wildman–Crippen LogP) is 3.07. The van der Waals surface area contributed by atoms with Crippen LogP contribution < -0.4 is 0 Å². The molecule has 0 unspecified atom stereocenters. The smallest absolute Gasteiger partial charge is 0.315 e. The van der Waals surface area contributed by atoms with Gasteiger partial charge in [-0.25, -0.2) is 4.39 Å². The highest BCUT2D eigenvalue weighted by molar-refractivity contribution is 9.10. The Labute approximate surface area is 99.2 Å². The number of aliphatic carboxylic acids is 1. The minimum Gasteiger partial charge on any atom is -0.481 e.